The Balaban J connectivity index is 2.73. The third kappa shape index (κ3) is 2.60. The fourth-order valence-electron chi connectivity index (χ4n) is 0.662. The second-order valence-corrected chi connectivity index (χ2v) is 2.41. The van der Waals surface area contributed by atoms with Crippen LogP contribution in [-0.2, 0) is 4.84 Å². The van der Waals surface area contributed by atoms with E-state index < -0.39 is 0 Å². The highest BCUT2D eigenvalue weighted by Gasteiger charge is 1.86. The van der Waals surface area contributed by atoms with E-state index in [1.165, 1.54) is 7.11 Å². The molecule has 0 aliphatic carbocycles. The van der Waals surface area contributed by atoms with E-state index in [-0.39, 0.29) is 0 Å². The lowest BCUT2D eigenvalue weighted by molar-refractivity contribution is 0.215. The highest BCUT2D eigenvalue weighted by molar-refractivity contribution is 6.30. The number of nitrogens with zero attached hydrogens (tertiary/aromatic N) is 1. The van der Waals surface area contributed by atoms with Crippen LogP contribution in [-0.4, -0.2) is 13.3 Å². The van der Waals surface area contributed by atoms with E-state index in [9.17, 15) is 0 Å². The van der Waals surface area contributed by atoms with Gasteiger partial charge in [-0.1, -0.05) is 28.9 Å². The van der Waals surface area contributed by atoms with Gasteiger partial charge in [-0.15, -0.1) is 0 Å². The average Bonchev–Trinajstić information content (AvgIpc) is 2.04. The summed E-state index contributed by atoms with van der Waals surface area (Å²) in [5.41, 5.74) is 0.969. The summed E-state index contributed by atoms with van der Waals surface area (Å²) < 4.78 is 0. The van der Waals surface area contributed by atoms with Crippen LogP contribution in [0.4, 0.5) is 0 Å². The van der Waals surface area contributed by atoms with Gasteiger partial charge in [-0.3, -0.25) is 0 Å². The predicted molar refractivity (Wildman–Crippen MR) is 46.1 cm³/mol. The van der Waals surface area contributed by atoms with E-state index in [0.717, 1.165) is 10.6 Å². The second kappa shape index (κ2) is 3.98. The van der Waals surface area contributed by atoms with Gasteiger partial charge in [0.05, 0.1) is 6.21 Å². The lowest BCUT2D eigenvalue weighted by Gasteiger charge is -1.91. The summed E-state index contributed by atoms with van der Waals surface area (Å²) in [5, 5.41) is 4.33. The third-order valence-electron chi connectivity index (χ3n) is 1.18. The molecule has 1 aromatic rings. The van der Waals surface area contributed by atoms with E-state index in [4.69, 9.17) is 11.6 Å². The zero-order valence-corrected chi connectivity index (χ0v) is 6.88. The largest absolute Gasteiger partial charge is 0.399 e. The Labute approximate surface area is 70.4 Å². The number of oxime groups is 1. The molecule has 0 radical (unpaired) electrons. The van der Waals surface area contributed by atoms with Crippen molar-refractivity contribution in [2.75, 3.05) is 7.11 Å². The SMILES string of the molecule is CON=Cc1ccc(Cl)cc1. The number of halogens is 1. The van der Waals surface area contributed by atoms with Crippen molar-refractivity contribution in [3.05, 3.63) is 34.9 Å². The van der Waals surface area contributed by atoms with Crippen molar-refractivity contribution < 1.29 is 4.84 Å². The maximum atomic E-state index is 5.67. The minimum Gasteiger partial charge on any atom is -0.399 e. The molecular weight excluding hydrogens is 162 g/mol. The van der Waals surface area contributed by atoms with Crippen LogP contribution in [0.2, 0.25) is 5.02 Å². The van der Waals surface area contributed by atoms with E-state index in [1.54, 1.807) is 18.3 Å². The average molecular weight is 170 g/mol. The minimum absolute atomic E-state index is 0.722. The van der Waals surface area contributed by atoms with Crippen LogP contribution < -0.4 is 0 Å². The summed E-state index contributed by atoms with van der Waals surface area (Å²) in [6.07, 6.45) is 1.62. The molecule has 0 unspecified atom stereocenters. The molecular formula is C8H8ClNO. The molecule has 0 aromatic heterocycles. The Bertz CT molecular complexity index is 243. The fourth-order valence-corrected chi connectivity index (χ4v) is 0.788. The number of benzene rings is 1. The highest BCUT2D eigenvalue weighted by Crippen LogP contribution is 2.07. The molecule has 0 aliphatic rings. The van der Waals surface area contributed by atoms with Crippen LogP contribution in [0.5, 0.6) is 0 Å². The van der Waals surface area contributed by atoms with Gasteiger partial charge in [0.15, 0.2) is 0 Å². The fraction of sp³-hybridized carbons (Fsp3) is 0.125. The first-order chi connectivity index (χ1) is 5.33. The van der Waals surface area contributed by atoms with Gasteiger partial charge in [0.2, 0.25) is 0 Å². The molecule has 1 aromatic carbocycles. The smallest absolute Gasteiger partial charge is 0.106 e. The normalized spacial score (nSPS) is 10.4. The zero-order chi connectivity index (χ0) is 8.10. The molecule has 0 saturated carbocycles. The molecule has 1 rings (SSSR count). The van der Waals surface area contributed by atoms with Crippen LogP contribution in [0, 0.1) is 0 Å². The molecule has 0 atom stereocenters. The number of rotatable bonds is 2. The third-order valence-corrected chi connectivity index (χ3v) is 1.43. The van der Waals surface area contributed by atoms with Gasteiger partial charge < -0.3 is 4.84 Å². The van der Waals surface area contributed by atoms with Crippen LogP contribution in [0.1, 0.15) is 5.56 Å². The molecule has 0 amide bonds. The van der Waals surface area contributed by atoms with Gasteiger partial charge in [0, 0.05) is 5.02 Å². The van der Waals surface area contributed by atoms with E-state index in [1.807, 2.05) is 12.1 Å². The van der Waals surface area contributed by atoms with Crippen molar-refractivity contribution >= 4 is 17.8 Å². The van der Waals surface area contributed by atoms with Crippen molar-refractivity contribution in [1.29, 1.82) is 0 Å². The highest BCUT2D eigenvalue weighted by atomic mass is 35.5. The molecule has 3 heteroatoms. The van der Waals surface area contributed by atoms with E-state index in [2.05, 4.69) is 9.99 Å². The molecule has 0 fully saturated rings. The lowest BCUT2D eigenvalue weighted by atomic mass is 10.2. The summed E-state index contributed by atoms with van der Waals surface area (Å²) in [6, 6.07) is 7.34. The topological polar surface area (TPSA) is 21.6 Å². The Morgan fingerprint density at radius 2 is 2.00 bits per heavy atom. The maximum Gasteiger partial charge on any atom is 0.106 e. The van der Waals surface area contributed by atoms with Gasteiger partial charge >= 0.3 is 0 Å². The zero-order valence-electron chi connectivity index (χ0n) is 6.12. The molecule has 0 saturated heterocycles. The van der Waals surface area contributed by atoms with Gasteiger partial charge in [0.25, 0.3) is 0 Å². The molecule has 58 valence electrons. The molecule has 11 heavy (non-hydrogen) atoms. The summed E-state index contributed by atoms with van der Waals surface area (Å²) >= 11 is 5.67. The Kier molecular flexibility index (Phi) is 2.93. The molecule has 0 aliphatic heterocycles. The predicted octanol–water partition coefficient (Wildman–Crippen LogP) is 2.32. The van der Waals surface area contributed by atoms with Gasteiger partial charge in [-0.05, 0) is 17.7 Å². The van der Waals surface area contributed by atoms with Crippen LogP contribution in [0.25, 0.3) is 0 Å². The summed E-state index contributed by atoms with van der Waals surface area (Å²) in [7, 11) is 1.51. The number of hydrogen-bond donors (Lipinski definition) is 0. The van der Waals surface area contributed by atoms with Gasteiger partial charge in [0.1, 0.15) is 7.11 Å². The molecule has 0 heterocycles. The first kappa shape index (κ1) is 8.08. The van der Waals surface area contributed by atoms with Gasteiger partial charge in [-0.2, -0.15) is 0 Å². The van der Waals surface area contributed by atoms with E-state index in [0.29, 0.717) is 0 Å². The Hall–Kier alpha value is -1.02. The monoisotopic (exact) mass is 169 g/mol. The quantitative estimate of drug-likeness (QED) is 0.492. The van der Waals surface area contributed by atoms with E-state index >= 15 is 0 Å². The van der Waals surface area contributed by atoms with Crippen LogP contribution >= 0.6 is 11.6 Å². The first-order valence-electron chi connectivity index (χ1n) is 3.15. The van der Waals surface area contributed by atoms with Crippen molar-refractivity contribution in [2.24, 2.45) is 5.16 Å². The minimum atomic E-state index is 0.722. The van der Waals surface area contributed by atoms with Crippen LogP contribution in [0.3, 0.4) is 0 Å². The van der Waals surface area contributed by atoms with Crippen molar-refractivity contribution in [3.63, 3.8) is 0 Å². The molecule has 2 nitrogen and oxygen atoms in total. The summed E-state index contributed by atoms with van der Waals surface area (Å²) in [4.78, 5) is 4.51. The lowest BCUT2D eigenvalue weighted by Crippen LogP contribution is -1.79. The number of hydrogen-bond acceptors (Lipinski definition) is 2. The molecule has 0 spiro atoms. The second-order valence-electron chi connectivity index (χ2n) is 1.97. The molecule has 0 bridgehead atoms. The standard InChI is InChI=1S/C8H8ClNO/c1-11-10-6-7-2-4-8(9)5-3-7/h2-6H,1H3. The summed E-state index contributed by atoms with van der Waals surface area (Å²) in [6.45, 7) is 0. The maximum absolute atomic E-state index is 5.67. The van der Waals surface area contributed by atoms with Crippen molar-refractivity contribution in [2.45, 2.75) is 0 Å². The van der Waals surface area contributed by atoms with Gasteiger partial charge in [-0.25, -0.2) is 0 Å². The Morgan fingerprint density at radius 1 is 1.36 bits per heavy atom. The Morgan fingerprint density at radius 3 is 2.55 bits per heavy atom. The van der Waals surface area contributed by atoms with Crippen molar-refractivity contribution in [3.8, 4) is 0 Å². The van der Waals surface area contributed by atoms with Crippen molar-refractivity contribution in [1.82, 2.24) is 0 Å². The molecule has 0 N–H and O–H groups in total. The van der Waals surface area contributed by atoms with Crippen LogP contribution in [0.15, 0.2) is 29.4 Å². The summed E-state index contributed by atoms with van der Waals surface area (Å²) in [5.74, 6) is 0. The first-order valence-corrected chi connectivity index (χ1v) is 3.53.